The molecule has 0 saturated carbocycles. The molecular formula is C7H8ClNO. The van der Waals surface area contributed by atoms with Gasteiger partial charge in [0.05, 0.1) is 0 Å². The molecule has 0 fully saturated rings. The summed E-state index contributed by atoms with van der Waals surface area (Å²) in [6.45, 7) is 1.54. The van der Waals surface area contributed by atoms with Crippen molar-refractivity contribution in [3.8, 4) is 0 Å². The van der Waals surface area contributed by atoms with E-state index in [1.807, 2.05) is 0 Å². The highest BCUT2D eigenvalue weighted by Gasteiger charge is 1.93. The summed E-state index contributed by atoms with van der Waals surface area (Å²) in [4.78, 5) is 14.4. The van der Waals surface area contributed by atoms with E-state index in [2.05, 4.69) is 4.98 Å². The van der Waals surface area contributed by atoms with Gasteiger partial charge in [0.1, 0.15) is 0 Å². The third-order valence-corrected chi connectivity index (χ3v) is 1.09. The van der Waals surface area contributed by atoms with Crippen LogP contribution in [0.5, 0.6) is 0 Å². The number of halogens is 1. The molecule has 1 aromatic heterocycles. The number of nitrogens with zero attached hydrogens (tertiary/aromatic N) is 1. The van der Waals surface area contributed by atoms with Gasteiger partial charge in [0.2, 0.25) is 0 Å². The van der Waals surface area contributed by atoms with Crippen molar-refractivity contribution >= 4 is 18.2 Å². The van der Waals surface area contributed by atoms with Gasteiger partial charge in [-0.15, -0.1) is 12.4 Å². The van der Waals surface area contributed by atoms with Crippen LogP contribution in [0.1, 0.15) is 17.3 Å². The van der Waals surface area contributed by atoms with Gasteiger partial charge in [-0.2, -0.15) is 0 Å². The van der Waals surface area contributed by atoms with Crippen molar-refractivity contribution in [2.75, 3.05) is 0 Å². The van der Waals surface area contributed by atoms with Gasteiger partial charge in [0, 0.05) is 18.0 Å². The van der Waals surface area contributed by atoms with Gasteiger partial charge >= 0.3 is 0 Å². The molecule has 0 aliphatic heterocycles. The average molecular weight is 158 g/mol. The smallest absolute Gasteiger partial charge is 0.159 e. The lowest BCUT2D eigenvalue weighted by Gasteiger charge is -1.88. The first-order chi connectivity index (χ1) is 4.30. The highest BCUT2D eigenvalue weighted by molar-refractivity contribution is 5.93. The summed E-state index contributed by atoms with van der Waals surface area (Å²) in [6, 6.07) is 3.39. The monoisotopic (exact) mass is 157 g/mol. The average Bonchev–Trinajstić information content (AvgIpc) is 1.90. The van der Waals surface area contributed by atoms with Crippen LogP contribution in [0.3, 0.4) is 0 Å². The van der Waals surface area contributed by atoms with E-state index >= 15 is 0 Å². The molecule has 0 atom stereocenters. The number of carbonyl (C=O) groups is 1. The Morgan fingerprint density at radius 3 is 2.20 bits per heavy atom. The molecule has 0 unspecified atom stereocenters. The molecule has 1 heterocycles. The van der Waals surface area contributed by atoms with Gasteiger partial charge < -0.3 is 0 Å². The predicted octanol–water partition coefficient (Wildman–Crippen LogP) is 1.71. The Morgan fingerprint density at radius 2 is 1.90 bits per heavy atom. The molecule has 1 aromatic rings. The number of rotatable bonds is 1. The third kappa shape index (κ3) is 2.15. The zero-order valence-electron chi connectivity index (χ0n) is 5.57. The minimum Gasteiger partial charge on any atom is -0.295 e. The minimum absolute atomic E-state index is 0. The second kappa shape index (κ2) is 4.01. The lowest BCUT2D eigenvalue weighted by molar-refractivity contribution is 0.101. The quantitative estimate of drug-likeness (QED) is 0.581. The molecule has 10 heavy (non-hydrogen) atoms. The molecule has 1 rings (SSSR count). The summed E-state index contributed by atoms with van der Waals surface area (Å²) >= 11 is 0. The van der Waals surface area contributed by atoms with Crippen LogP contribution in [0, 0.1) is 0 Å². The van der Waals surface area contributed by atoms with Crippen molar-refractivity contribution in [2.24, 2.45) is 0 Å². The number of pyridine rings is 1. The number of hydrogen-bond donors (Lipinski definition) is 0. The van der Waals surface area contributed by atoms with E-state index in [-0.39, 0.29) is 18.2 Å². The van der Waals surface area contributed by atoms with Gasteiger partial charge in [-0.25, -0.2) is 0 Å². The highest BCUT2D eigenvalue weighted by atomic mass is 35.5. The van der Waals surface area contributed by atoms with E-state index < -0.39 is 0 Å². The summed E-state index contributed by atoms with van der Waals surface area (Å²) in [6.07, 6.45) is 3.22. The number of Topliss-reactive ketones (excluding diaryl/α,β-unsaturated/α-hetero) is 1. The fourth-order valence-electron chi connectivity index (χ4n) is 0.587. The second-order valence-corrected chi connectivity index (χ2v) is 1.79. The summed E-state index contributed by atoms with van der Waals surface area (Å²) in [5.74, 6) is 0.0809. The Hall–Kier alpha value is -0.890. The van der Waals surface area contributed by atoms with Crippen LogP contribution in [-0.2, 0) is 0 Å². The van der Waals surface area contributed by atoms with Crippen LogP contribution < -0.4 is 0 Å². The predicted molar refractivity (Wildman–Crippen MR) is 41.5 cm³/mol. The first-order valence-electron chi connectivity index (χ1n) is 2.71. The molecule has 0 aliphatic rings. The normalized spacial score (nSPS) is 8.10. The zero-order valence-corrected chi connectivity index (χ0v) is 6.39. The molecule has 0 bridgehead atoms. The van der Waals surface area contributed by atoms with Crippen LogP contribution in [0.15, 0.2) is 24.5 Å². The van der Waals surface area contributed by atoms with Crippen LogP contribution in [0.25, 0.3) is 0 Å². The Morgan fingerprint density at radius 1 is 1.40 bits per heavy atom. The molecule has 0 aliphatic carbocycles. The van der Waals surface area contributed by atoms with E-state index in [1.165, 1.54) is 6.92 Å². The topological polar surface area (TPSA) is 30.0 Å². The lowest BCUT2D eigenvalue weighted by atomic mass is 10.2. The van der Waals surface area contributed by atoms with Crippen molar-refractivity contribution in [3.63, 3.8) is 0 Å². The Bertz CT molecular complexity index is 210. The van der Waals surface area contributed by atoms with Gasteiger partial charge in [-0.05, 0) is 19.1 Å². The van der Waals surface area contributed by atoms with Gasteiger partial charge in [0.25, 0.3) is 0 Å². The molecule has 2 nitrogen and oxygen atoms in total. The zero-order chi connectivity index (χ0) is 6.69. The molecule has 0 amide bonds. The van der Waals surface area contributed by atoms with E-state index in [0.717, 1.165) is 0 Å². The maximum absolute atomic E-state index is 10.6. The molecule has 54 valence electrons. The fraction of sp³-hybridized carbons (Fsp3) is 0.143. The molecule has 3 heteroatoms. The molecule has 0 radical (unpaired) electrons. The summed E-state index contributed by atoms with van der Waals surface area (Å²) in [5, 5.41) is 0. The van der Waals surface area contributed by atoms with Crippen molar-refractivity contribution in [2.45, 2.75) is 6.92 Å². The largest absolute Gasteiger partial charge is 0.295 e. The first kappa shape index (κ1) is 9.11. The number of ketones is 1. The van der Waals surface area contributed by atoms with Crippen molar-refractivity contribution in [1.82, 2.24) is 4.98 Å². The van der Waals surface area contributed by atoms with E-state index in [9.17, 15) is 4.79 Å². The highest BCUT2D eigenvalue weighted by Crippen LogP contribution is 1.95. The van der Waals surface area contributed by atoms with Gasteiger partial charge in [0.15, 0.2) is 5.78 Å². The summed E-state index contributed by atoms with van der Waals surface area (Å²) in [5.41, 5.74) is 0.713. The van der Waals surface area contributed by atoms with Crippen LogP contribution in [-0.4, -0.2) is 10.8 Å². The summed E-state index contributed by atoms with van der Waals surface area (Å²) in [7, 11) is 0. The van der Waals surface area contributed by atoms with Crippen molar-refractivity contribution in [3.05, 3.63) is 30.1 Å². The second-order valence-electron chi connectivity index (χ2n) is 1.79. The first-order valence-corrected chi connectivity index (χ1v) is 2.71. The number of carbonyl (C=O) groups excluding carboxylic acids is 1. The van der Waals surface area contributed by atoms with E-state index in [4.69, 9.17) is 0 Å². The standard InChI is InChI=1S/C7H7NO.ClH/c1-6(9)7-2-4-8-5-3-7;/h2-5H,1H3;1H. The Balaban J connectivity index is 0.000000810. The summed E-state index contributed by atoms with van der Waals surface area (Å²) < 4.78 is 0. The van der Waals surface area contributed by atoms with Crippen molar-refractivity contribution < 1.29 is 4.79 Å². The molecular weight excluding hydrogens is 150 g/mol. The Labute approximate surface area is 65.7 Å². The maximum atomic E-state index is 10.6. The molecule has 0 spiro atoms. The van der Waals surface area contributed by atoms with E-state index in [1.54, 1.807) is 24.5 Å². The van der Waals surface area contributed by atoms with Crippen LogP contribution >= 0.6 is 12.4 Å². The van der Waals surface area contributed by atoms with Gasteiger partial charge in [-0.3, -0.25) is 9.78 Å². The third-order valence-electron chi connectivity index (χ3n) is 1.09. The maximum Gasteiger partial charge on any atom is 0.159 e. The SMILES string of the molecule is CC(=O)c1ccncc1.Cl. The molecule has 0 saturated heterocycles. The van der Waals surface area contributed by atoms with Crippen molar-refractivity contribution in [1.29, 1.82) is 0 Å². The van der Waals surface area contributed by atoms with E-state index in [0.29, 0.717) is 5.56 Å². The van der Waals surface area contributed by atoms with Crippen LogP contribution in [0.2, 0.25) is 0 Å². The number of hydrogen-bond acceptors (Lipinski definition) is 2. The molecule has 0 aromatic carbocycles. The fourth-order valence-corrected chi connectivity index (χ4v) is 0.587. The van der Waals surface area contributed by atoms with Gasteiger partial charge in [-0.1, -0.05) is 0 Å². The number of aromatic nitrogens is 1. The molecule has 0 N–H and O–H groups in total. The Kier molecular flexibility index (Phi) is 3.65. The van der Waals surface area contributed by atoms with Crippen LogP contribution in [0.4, 0.5) is 0 Å². The lowest BCUT2D eigenvalue weighted by Crippen LogP contribution is -1.89. The minimum atomic E-state index is 0.